The van der Waals surface area contributed by atoms with Crippen molar-refractivity contribution in [3.05, 3.63) is 28.2 Å². The lowest BCUT2D eigenvalue weighted by molar-refractivity contribution is -0.108. The molecule has 0 radical (unpaired) electrons. The van der Waals surface area contributed by atoms with E-state index in [0.29, 0.717) is 0 Å². The summed E-state index contributed by atoms with van der Waals surface area (Å²) in [6, 6.07) is 6.08. The molecule has 4 heteroatoms. The second-order valence-corrected chi connectivity index (χ2v) is 7.36. The fraction of sp³-hybridized carbons (Fsp3) is 0.647. The third-order valence-corrected chi connectivity index (χ3v) is 5.21. The number of hydrogen-bond acceptors (Lipinski definition) is 3. The number of nitrogens with two attached hydrogens (primary N) is 1. The predicted molar refractivity (Wildman–Crippen MR) is 87.5 cm³/mol. The lowest BCUT2D eigenvalue weighted by Crippen LogP contribution is -2.41. The topological polar surface area (TPSA) is 44.5 Å². The zero-order chi connectivity index (χ0) is 14.9. The number of halogens is 1. The zero-order valence-electron chi connectivity index (χ0n) is 12.6. The molecule has 1 aliphatic heterocycles. The Labute approximate surface area is 135 Å². The van der Waals surface area contributed by atoms with Crippen LogP contribution in [-0.4, -0.2) is 18.3 Å². The minimum absolute atomic E-state index is 0.0298. The van der Waals surface area contributed by atoms with Crippen molar-refractivity contribution in [2.45, 2.75) is 63.2 Å². The van der Waals surface area contributed by atoms with Gasteiger partial charge in [0.25, 0.3) is 0 Å². The van der Waals surface area contributed by atoms with Gasteiger partial charge in [0.2, 0.25) is 0 Å². The van der Waals surface area contributed by atoms with Crippen LogP contribution in [-0.2, 0) is 4.74 Å². The molecular weight excluding hydrogens is 330 g/mol. The quantitative estimate of drug-likeness (QED) is 0.878. The maximum Gasteiger partial charge on any atom is 0.124 e. The van der Waals surface area contributed by atoms with E-state index in [-0.39, 0.29) is 17.7 Å². The molecule has 2 N–H and O–H groups in total. The SMILES string of the molecule is CC(N)c1cc(Br)ccc1OC1CCOC2(CCCC2)C1. The highest BCUT2D eigenvalue weighted by Gasteiger charge is 2.40. The van der Waals surface area contributed by atoms with E-state index < -0.39 is 0 Å². The number of rotatable bonds is 3. The maximum absolute atomic E-state index is 6.31. The van der Waals surface area contributed by atoms with E-state index in [1.165, 1.54) is 25.7 Å². The molecule has 2 atom stereocenters. The Hall–Kier alpha value is -0.580. The molecule has 1 aliphatic carbocycles. The standard InChI is InChI=1S/C17H24BrNO2/c1-12(19)15-10-13(18)4-5-16(15)21-14-6-9-20-17(11-14)7-2-3-8-17/h4-5,10,12,14H,2-3,6-9,11,19H2,1H3. The summed E-state index contributed by atoms with van der Waals surface area (Å²) < 4.78 is 13.4. The van der Waals surface area contributed by atoms with Crippen molar-refractivity contribution in [2.75, 3.05) is 6.61 Å². The molecule has 1 saturated carbocycles. The van der Waals surface area contributed by atoms with Gasteiger partial charge in [-0.25, -0.2) is 0 Å². The van der Waals surface area contributed by atoms with Crippen molar-refractivity contribution in [1.29, 1.82) is 0 Å². The first kappa shape index (κ1) is 15.3. The van der Waals surface area contributed by atoms with Crippen LogP contribution < -0.4 is 10.5 Å². The highest BCUT2D eigenvalue weighted by Crippen LogP contribution is 2.41. The van der Waals surface area contributed by atoms with Crippen LogP contribution in [0.15, 0.2) is 22.7 Å². The van der Waals surface area contributed by atoms with Crippen molar-refractivity contribution in [1.82, 2.24) is 0 Å². The summed E-state index contributed by atoms with van der Waals surface area (Å²) in [7, 11) is 0. The second kappa shape index (κ2) is 6.27. The number of hydrogen-bond donors (Lipinski definition) is 1. The van der Waals surface area contributed by atoms with E-state index >= 15 is 0 Å². The van der Waals surface area contributed by atoms with Crippen LogP contribution in [0.5, 0.6) is 5.75 Å². The van der Waals surface area contributed by atoms with E-state index in [2.05, 4.69) is 22.0 Å². The molecule has 0 amide bonds. The molecule has 1 aromatic rings. The Balaban J connectivity index is 1.74. The fourth-order valence-corrected chi connectivity index (χ4v) is 3.99. The molecule has 3 rings (SSSR count). The molecule has 3 nitrogen and oxygen atoms in total. The van der Waals surface area contributed by atoms with Gasteiger partial charge in [-0.15, -0.1) is 0 Å². The molecular formula is C17H24BrNO2. The van der Waals surface area contributed by atoms with Crippen molar-refractivity contribution in [3.8, 4) is 5.75 Å². The lowest BCUT2D eigenvalue weighted by atomic mass is 9.90. The van der Waals surface area contributed by atoms with Gasteiger partial charge in [-0.1, -0.05) is 28.8 Å². The molecule has 1 heterocycles. The highest BCUT2D eigenvalue weighted by molar-refractivity contribution is 9.10. The van der Waals surface area contributed by atoms with Crippen LogP contribution in [0.4, 0.5) is 0 Å². The van der Waals surface area contributed by atoms with Crippen molar-refractivity contribution >= 4 is 15.9 Å². The summed E-state index contributed by atoms with van der Waals surface area (Å²) in [5, 5.41) is 0. The molecule has 0 bridgehead atoms. The van der Waals surface area contributed by atoms with Crippen molar-refractivity contribution in [3.63, 3.8) is 0 Å². The fourth-order valence-electron chi connectivity index (χ4n) is 3.61. The van der Waals surface area contributed by atoms with Crippen LogP contribution in [0.25, 0.3) is 0 Å². The Morgan fingerprint density at radius 2 is 2.14 bits per heavy atom. The van der Waals surface area contributed by atoms with E-state index in [1.807, 2.05) is 19.1 Å². The Morgan fingerprint density at radius 1 is 1.38 bits per heavy atom. The summed E-state index contributed by atoms with van der Waals surface area (Å²) in [5.41, 5.74) is 7.23. The van der Waals surface area contributed by atoms with Gasteiger partial charge >= 0.3 is 0 Å². The summed E-state index contributed by atoms with van der Waals surface area (Å²) in [6.07, 6.45) is 7.18. The summed E-state index contributed by atoms with van der Waals surface area (Å²) in [4.78, 5) is 0. The highest BCUT2D eigenvalue weighted by atomic mass is 79.9. The average Bonchev–Trinajstić information content (AvgIpc) is 2.88. The van der Waals surface area contributed by atoms with Gasteiger partial charge in [-0.2, -0.15) is 0 Å². The van der Waals surface area contributed by atoms with Gasteiger partial charge in [0.15, 0.2) is 0 Å². The Morgan fingerprint density at radius 3 is 2.86 bits per heavy atom. The molecule has 1 aromatic carbocycles. The summed E-state index contributed by atoms with van der Waals surface area (Å²) >= 11 is 3.51. The second-order valence-electron chi connectivity index (χ2n) is 6.44. The van der Waals surface area contributed by atoms with E-state index in [4.69, 9.17) is 15.2 Å². The largest absolute Gasteiger partial charge is 0.490 e. The van der Waals surface area contributed by atoms with E-state index in [1.54, 1.807) is 0 Å². The van der Waals surface area contributed by atoms with Crippen LogP contribution >= 0.6 is 15.9 Å². The first-order chi connectivity index (χ1) is 10.1. The molecule has 2 aliphatic rings. The van der Waals surface area contributed by atoms with Gasteiger partial charge in [0, 0.05) is 28.9 Å². The van der Waals surface area contributed by atoms with Crippen LogP contribution in [0.2, 0.25) is 0 Å². The Bertz CT molecular complexity index is 498. The predicted octanol–water partition coefficient (Wildman–Crippen LogP) is 4.34. The van der Waals surface area contributed by atoms with Crippen molar-refractivity contribution < 1.29 is 9.47 Å². The molecule has 21 heavy (non-hydrogen) atoms. The summed E-state index contributed by atoms with van der Waals surface area (Å²) in [6.45, 7) is 2.81. The van der Waals surface area contributed by atoms with E-state index in [0.717, 1.165) is 35.2 Å². The van der Waals surface area contributed by atoms with Crippen LogP contribution in [0.3, 0.4) is 0 Å². The first-order valence-corrected chi connectivity index (χ1v) is 8.73. The monoisotopic (exact) mass is 353 g/mol. The molecule has 116 valence electrons. The smallest absolute Gasteiger partial charge is 0.124 e. The van der Waals surface area contributed by atoms with Crippen LogP contribution in [0.1, 0.15) is 57.1 Å². The third kappa shape index (κ3) is 3.43. The maximum atomic E-state index is 6.31. The van der Waals surface area contributed by atoms with E-state index in [9.17, 15) is 0 Å². The minimum atomic E-state index is -0.0298. The number of benzene rings is 1. The average molecular weight is 354 g/mol. The van der Waals surface area contributed by atoms with Gasteiger partial charge < -0.3 is 15.2 Å². The van der Waals surface area contributed by atoms with Gasteiger partial charge in [0.05, 0.1) is 12.2 Å². The third-order valence-electron chi connectivity index (χ3n) is 4.72. The Kier molecular flexibility index (Phi) is 4.57. The molecule has 2 fully saturated rings. The van der Waals surface area contributed by atoms with Gasteiger partial charge in [-0.3, -0.25) is 0 Å². The normalized spacial score (nSPS) is 26.0. The molecule has 0 aromatic heterocycles. The number of ether oxygens (including phenoxy) is 2. The molecule has 1 spiro atoms. The molecule has 1 saturated heterocycles. The van der Waals surface area contributed by atoms with Gasteiger partial charge in [-0.05, 0) is 38.0 Å². The van der Waals surface area contributed by atoms with Gasteiger partial charge in [0.1, 0.15) is 11.9 Å². The first-order valence-electron chi connectivity index (χ1n) is 7.94. The lowest BCUT2D eigenvalue weighted by Gasteiger charge is -2.38. The van der Waals surface area contributed by atoms with Crippen molar-refractivity contribution in [2.24, 2.45) is 5.73 Å². The van der Waals surface area contributed by atoms with Crippen LogP contribution in [0, 0.1) is 0 Å². The molecule has 2 unspecified atom stereocenters. The minimum Gasteiger partial charge on any atom is -0.490 e. The summed E-state index contributed by atoms with van der Waals surface area (Å²) in [5.74, 6) is 0.924. The zero-order valence-corrected chi connectivity index (χ0v) is 14.2.